The molecule has 1 amide bonds. The molecule has 2 aromatic heterocycles. The van der Waals surface area contributed by atoms with Crippen LogP contribution < -0.4 is 5.32 Å². The average molecular weight is 308 g/mol. The van der Waals surface area contributed by atoms with E-state index in [1.165, 1.54) is 22.7 Å². The molecule has 1 aliphatic rings. The number of hydrogen-bond acceptors (Lipinski definition) is 5. The van der Waals surface area contributed by atoms with Gasteiger partial charge in [-0.25, -0.2) is 9.78 Å². The van der Waals surface area contributed by atoms with Crippen molar-refractivity contribution < 1.29 is 14.7 Å². The zero-order valence-corrected chi connectivity index (χ0v) is 12.4. The maximum atomic E-state index is 12.1. The largest absolute Gasteiger partial charge is 0.478 e. The van der Waals surface area contributed by atoms with Crippen LogP contribution in [0.3, 0.4) is 0 Å². The van der Waals surface area contributed by atoms with E-state index in [2.05, 4.69) is 10.3 Å². The van der Waals surface area contributed by atoms with Gasteiger partial charge in [0.25, 0.3) is 5.91 Å². The highest BCUT2D eigenvalue weighted by atomic mass is 32.1. The normalized spacial score (nSPS) is 13.2. The highest BCUT2D eigenvalue weighted by molar-refractivity contribution is 7.17. The molecule has 7 heteroatoms. The number of anilines is 1. The Morgan fingerprint density at radius 2 is 2.20 bits per heavy atom. The van der Waals surface area contributed by atoms with Crippen molar-refractivity contribution in [2.75, 3.05) is 5.32 Å². The van der Waals surface area contributed by atoms with Gasteiger partial charge in [-0.15, -0.1) is 22.7 Å². The predicted octanol–water partition coefficient (Wildman–Crippen LogP) is 2.95. The molecule has 0 bridgehead atoms. The minimum atomic E-state index is -0.978. The fourth-order valence-electron chi connectivity index (χ4n) is 2.35. The number of amides is 1. The summed E-state index contributed by atoms with van der Waals surface area (Å²) in [6.45, 7) is 1.82. The summed E-state index contributed by atoms with van der Waals surface area (Å²) in [6.07, 6.45) is 2.66. The molecule has 0 radical (unpaired) electrons. The van der Waals surface area contributed by atoms with E-state index in [0.29, 0.717) is 10.7 Å². The number of rotatable bonds is 3. The van der Waals surface area contributed by atoms with Crippen LogP contribution in [0.5, 0.6) is 0 Å². The molecule has 0 fully saturated rings. The van der Waals surface area contributed by atoms with Crippen LogP contribution >= 0.6 is 22.7 Å². The minimum Gasteiger partial charge on any atom is -0.478 e. The van der Waals surface area contributed by atoms with E-state index in [4.69, 9.17) is 0 Å². The quantitative estimate of drug-likeness (QED) is 0.913. The van der Waals surface area contributed by atoms with Crippen molar-refractivity contribution in [3.8, 4) is 0 Å². The number of carbonyl (C=O) groups excluding carboxylic acids is 1. The second-order valence-electron chi connectivity index (χ2n) is 4.57. The molecule has 0 saturated carbocycles. The summed E-state index contributed by atoms with van der Waals surface area (Å²) in [6, 6.07) is 0. The molecule has 0 aliphatic heterocycles. The summed E-state index contributed by atoms with van der Waals surface area (Å²) in [5, 5.41) is 15.0. The predicted molar refractivity (Wildman–Crippen MR) is 78.1 cm³/mol. The molecule has 0 atom stereocenters. The second kappa shape index (κ2) is 4.99. The summed E-state index contributed by atoms with van der Waals surface area (Å²) in [4.78, 5) is 28.7. The monoisotopic (exact) mass is 308 g/mol. The van der Waals surface area contributed by atoms with Crippen LogP contribution in [0.4, 0.5) is 5.00 Å². The number of thiophene rings is 1. The van der Waals surface area contributed by atoms with E-state index in [9.17, 15) is 14.7 Å². The summed E-state index contributed by atoms with van der Waals surface area (Å²) < 4.78 is 0. The van der Waals surface area contributed by atoms with Gasteiger partial charge in [-0.05, 0) is 31.7 Å². The fraction of sp³-hybridized carbons (Fsp3) is 0.308. The van der Waals surface area contributed by atoms with Crippen molar-refractivity contribution >= 4 is 39.6 Å². The van der Waals surface area contributed by atoms with Crippen LogP contribution in [0.2, 0.25) is 0 Å². The fourth-order valence-corrected chi connectivity index (χ4v) is 4.22. The number of carboxylic acid groups (broad SMARTS) is 1. The number of hydrogen-bond donors (Lipinski definition) is 2. The number of carboxylic acids is 1. The van der Waals surface area contributed by atoms with Gasteiger partial charge in [0.05, 0.1) is 10.6 Å². The van der Waals surface area contributed by atoms with Crippen LogP contribution in [0.15, 0.2) is 5.38 Å². The molecule has 104 valence electrons. The van der Waals surface area contributed by atoms with Crippen molar-refractivity contribution in [3.05, 3.63) is 32.1 Å². The van der Waals surface area contributed by atoms with Gasteiger partial charge < -0.3 is 10.4 Å². The highest BCUT2D eigenvalue weighted by Crippen LogP contribution is 2.39. The van der Waals surface area contributed by atoms with Gasteiger partial charge in [0, 0.05) is 10.3 Å². The molecule has 2 heterocycles. The average Bonchev–Trinajstić information content (AvgIpc) is 3.03. The first-order chi connectivity index (χ1) is 9.56. The van der Waals surface area contributed by atoms with Gasteiger partial charge >= 0.3 is 5.97 Å². The molecule has 0 spiro atoms. The summed E-state index contributed by atoms with van der Waals surface area (Å²) in [5.74, 6) is -1.33. The molecule has 5 nitrogen and oxygen atoms in total. The molecule has 2 N–H and O–H groups in total. The van der Waals surface area contributed by atoms with Gasteiger partial charge in [-0.1, -0.05) is 0 Å². The Balaban J connectivity index is 1.91. The van der Waals surface area contributed by atoms with Gasteiger partial charge in [-0.3, -0.25) is 4.79 Å². The third kappa shape index (κ3) is 2.23. The lowest BCUT2D eigenvalue weighted by atomic mass is 10.1. The molecular weight excluding hydrogens is 296 g/mol. The first-order valence-corrected chi connectivity index (χ1v) is 7.87. The second-order valence-corrected chi connectivity index (χ2v) is 6.74. The van der Waals surface area contributed by atoms with Crippen LogP contribution in [0.1, 0.15) is 42.7 Å². The van der Waals surface area contributed by atoms with E-state index in [0.717, 1.165) is 34.7 Å². The summed E-state index contributed by atoms with van der Waals surface area (Å²) in [7, 11) is 0. The SMILES string of the molecule is Cc1nc(C(=O)Nc2sc3c(c2C(=O)O)CCC3)cs1. The van der Waals surface area contributed by atoms with Crippen molar-refractivity contribution in [1.82, 2.24) is 4.98 Å². The van der Waals surface area contributed by atoms with E-state index in [1.54, 1.807) is 5.38 Å². The van der Waals surface area contributed by atoms with E-state index < -0.39 is 5.97 Å². The first kappa shape index (κ1) is 13.3. The van der Waals surface area contributed by atoms with Crippen LogP contribution in [0.25, 0.3) is 0 Å². The zero-order chi connectivity index (χ0) is 14.3. The maximum Gasteiger partial charge on any atom is 0.339 e. The topological polar surface area (TPSA) is 79.3 Å². The number of fused-ring (bicyclic) bond motifs is 1. The minimum absolute atomic E-state index is 0.253. The maximum absolute atomic E-state index is 12.1. The Morgan fingerprint density at radius 1 is 1.40 bits per heavy atom. The lowest BCUT2D eigenvalue weighted by Crippen LogP contribution is -2.14. The molecule has 0 unspecified atom stereocenters. The Labute approximate surface area is 123 Å². The van der Waals surface area contributed by atoms with E-state index in [1.807, 2.05) is 6.92 Å². The third-order valence-corrected chi connectivity index (χ3v) is 5.19. The Bertz CT molecular complexity index is 703. The smallest absolute Gasteiger partial charge is 0.339 e. The summed E-state index contributed by atoms with van der Waals surface area (Å²) in [5.41, 5.74) is 1.47. The van der Waals surface area contributed by atoms with E-state index >= 15 is 0 Å². The molecule has 0 saturated heterocycles. The van der Waals surface area contributed by atoms with Crippen LogP contribution in [-0.2, 0) is 12.8 Å². The van der Waals surface area contributed by atoms with Gasteiger partial charge in [0.15, 0.2) is 0 Å². The van der Waals surface area contributed by atoms with Gasteiger partial charge in [0.1, 0.15) is 10.7 Å². The Hall–Kier alpha value is -1.73. The van der Waals surface area contributed by atoms with Crippen LogP contribution in [0, 0.1) is 6.92 Å². The van der Waals surface area contributed by atoms with Crippen molar-refractivity contribution in [1.29, 1.82) is 0 Å². The number of nitrogens with one attached hydrogen (secondary N) is 1. The van der Waals surface area contributed by atoms with Crippen molar-refractivity contribution in [2.45, 2.75) is 26.2 Å². The number of aryl methyl sites for hydroxylation is 2. The molecular formula is C13H12N2O3S2. The van der Waals surface area contributed by atoms with Crippen LogP contribution in [-0.4, -0.2) is 22.0 Å². The molecule has 20 heavy (non-hydrogen) atoms. The third-order valence-electron chi connectivity index (χ3n) is 3.21. The molecule has 2 aromatic rings. The summed E-state index contributed by atoms with van der Waals surface area (Å²) >= 11 is 2.76. The Morgan fingerprint density at radius 3 is 2.85 bits per heavy atom. The number of thiazole rings is 1. The number of nitrogens with zero attached hydrogens (tertiary/aromatic N) is 1. The van der Waals surface area contributed by atoms with E-state index in [-0.39, 0.29) is 11.5 Å². The van der Waals surface area contributed by atoms with Crippen molar-refractivity contribution in [2.24, 2.45) is 0 Å². The number of carbonyl (C=O) groups is 2. The molecule has 3 rings (SSSR count). The number of aromatic carboxylic acids is 1. The first-order valence-electron chi connectivity index (χ1n) is 6.17. The standard InChI is InChI=1S/C13H12N2O3S2/c1-6-14-8(5-19-6)11(16)15-12-10(13(17)18)7-3-2-4-9(7)20-12/h5H,2-4H2,1H3,(H,15,16)(H,17,18). The molecule has 0 aromatic carbocycles. The number of aromatic nitrogens is 1. The zero-order valence-electron chi connectivity index (χ0n) is 10.7. The van der Waals surface area contributed by atoms with Gasteiger partial charge in [0.2, 0.25) is 0 Å². The van der Waals surface area contributed by atoms with Gasteiger partial charge in [-0.2, -0.15) is 0 Å². The molecule has 1 aliphatic carbocycles. The highest BCUT2D eigenvalue weighted by Gasteiger charge is 2.27. The van der Waals surface area contributed by atoms with Crippen molar-refractivity contribution in [3.63, 3.8) is 0 Å². The Kier molecular flexibility index (Phi) is 3.31. The lowest BCUT2D eigenvalue weighted by Gasteiger charge is -2.03. The lowest BCUT2D eigenvalue weighted by molar-refractivity contribution is 0.0697.